The third-order valence-corrected chi connectivity index (χ3v) is 6.74. The van der Waals surface area contributed by atoms with Crippen molar-refractivity contribution in [1.82, 2.24) is 19.6 Å². The molecule has 3 aromatic rings. The molecule has 1 atom stereocenters. The maximum Gasteiger partial charge on any atom is 0.271 e. The van der Waals surface area contributed by atoms with Crippen molar-refractivity contribution in [2.24, 2.45) is 4.99 Å². The third kappa shape index (κ3) is 3.40. The van der Waals surface area contributed by atoms with E-state index in [0.717, 1.165) is 43.6 Å². The zero-order chi connectivity index (χ0) is 22.5. The largest absolute Gasteiger partial charge is 0.306 e. The molecule has 0 spiro atoms. The van der Waals surface area contributed by atoms with E-state index in [9.17, 15) is 9.18 Å². The Morgan fingerprint density at radius 3 is 2.58 bits per heavy atom. The number of hydrazine groups is 1. The number of rotatable bonds is 4. The number of carbonyl (C=O) groups is 1. The van der Waals surface area contributed by atoms with Crippen molar-refractivity contribution in [2.45, 2.75) is 32.2 Å². The normalized spacial score (nSPS) is 20.1. The van der Waals surface area contributed by atoms with Gasteiger partial charge in [-0.2, -0.15) is 4.99 Å². The lowest BCUT2D eigenvalue weighted by Crippen LogP contribution is -2.49. The minimum Gasteiger partial charge on any atom is -0.306 e. The van der Waals surface area contributed by atoms with Gasteiger partial charge in [0.1, 0.15) is 17.7 Å². The van der Waals surface area contributed by atoms with Crippen LogP contribution in [-0.4, -0.2) is 44.4 Å². The van der Waals surface area contributed by atoms with Gasteiger partial charge in [0.2, 0.25) is 0 Å². The SMILES string of the molecule is Cc1cn(-c2ccc(C=CC3=NC(=O)C(c4ccc(F)cc4)N4CCCN34)c3c2CC3)cn1. The Labute approximate surface area is 191 Å². The van der Waals surface area contributed by atoms with E-state index < -0.39 is 6.04 Å². The van der Waals surface area contributed by atoms with Crippen LogP contribution in [-0.2, 0) is 17.6 Å². The van der Waals surface area contributed by atoms with Crippen LogP contribution in [0.1, 0.15) is 40.4 Å². The topological polar surface area (TPSA) is 53.7 Å². The van der Waals surface area contributed by atoms with Crippen LogP contribution in [0, 0.1) is 12.7 Å². The number of amides is 1. The van der Waals surface area contributed by atoms with E-state index in [1.54, 1.807) is 12.1 Å². The van der Waals surface area contributed by atoms with E-state index in [-0.39, 0.29) is 11.7 Å². The molecule has 3 heterocycles. The summed E-state index contributed by atoms with van der Waals surface area (Å²) in [5.74, 6) is 0.148. The quantitative estimate of drug-likeness (QED) is 0.613. The molecule has 3 aliphatic rings. The molecule has 2 aromatic carbocycles. The summed E-state index contributed by atoms with van der Waals surface area (Å²) in [6.07, 6.45) is 11.0. The molecule has 7 heteroatoms. The highest BCUT2D eigenvalue weighted by Crippen LogP contribution is 2.34. The van der Waals surface area contributed by atoms with Gasteiger partial charge in [0.15, 0.2) is 0 Å². The Kier molecular flexibility index (Phi) is 4.73. The van der Waals surface area contributed by atoms with E-state index >= 15 is 0 Å². The van der Waals surface area contributed by atoms with Crippen molar-refractivity contribution >= 4 is 17.8 Å². The van der Waals surface area contributed by atoms with E-state index in [0.29, 0.717) is 5.84 Å². The Balaban J connectivity index is 1.30. The van der Waals surface area contributed by atoms with Crippen LogP contribution < -0.4 is 0 Å². The second kappa shape index (κ2) is 7.78. The van der Waals surface area contributed by atoms with Gasteiger partial charge in [-0.1, -0.05) is 24.3 Å². The zero-order valence-electron chi connectivity index (χ0n) is 18.4. The molecule has 0 N–H and O–H groups in total. The van der Waals surface area contributed by atoms with Gasteiger partial charge >= 0.3 is 0 Å². The molecule has 1 aliphatic carbocycles. The van der Waals surface area contributed by atoms with Crippen molar-refractivity contribution in [1.29, 1.82) is 0 Å². The van der Waals surface area contributed by atoms with Crippen LogP contribution in [0.2, 0.25) is 0 Å². The Hall–Kier alpha value is -3.58. The van der Waals surface area contributed by atoms with Crippen LogP contribution in [0.3, 0.4) is 0 Å². The first-order chi connectivity index (χ1) is 16.1. The number of fused-ring (bicyclic) bond motifs is 2. The first-order valence-electron chi connectivity index (χ1n) is 11.3. The molecule has 166 valence electrons. The Bertz CT molecular complexity index is 1310. The zero-order valence-corrected chi connectivity index (χ0v) is 18.4. The molecular formula is C26H24FN5O. The standard InChI is InChI=1S/C26H24FN5O/c1-17-15-30(16-28-17)23-11-5-18(21-9-10-22(21)23)6-12-24-29-26(33)25(32-14-2-13-31(24)32)19-3-7-20(27)8-4-19/h3-8,11-12,15-16,25H,2,9-10,13-14H2,1H3. The van der Waals surface area contributed by atoms with Crippen LogP contribution in [0.5, 0.6) is 0 Å². The number of amidine groups is 1. The summed E-state index contributed by atoms with van der Waals surface area (Å²) in [5, 5.41) is 4.14. The van der Waals surface area contributed by atoms with Gasteiger partial charge in [-0.05, 0) is 72.7 Å². The smallest absolute Gasteiger partial charge is 0.271 e. The minimum atomic E-state index is -0.496. The summed E-state index contributed by atoms with van der Waals surface area (Å²) in [4.78, 5) is 21.8. The van der Waals surface area contributed by atoms with E-state index in [2.05, 4.69) is 42.8 Å². The highest BCUT2D eigenvalue weighted by atomic mass is 19.1. The molecule has 2 aliphatic heterocycles. The molecule has 1 saturated heterocycles. The number of benzene rings is 2. The molecular weight excluding hydrogens is 417 g/mol. The van der Waals surface area contributed by atoms with Crippen molar-refractivity contribution in [3.05, 3.63) is 88.8 Å². The second-order valence-corrected chi connectivity index (χ2v) is 8.79. The monoisotopic (exact) mass is 441 g/mol. The molecule has 6 rings (SSSR count). The Morgan fingerprint density at radius 1 is 1.03 bits per heavy atom. The molecule has 1 amide bonds. The summed E-state index contributed by atoms with van der Waals surface area (Å²) >= 11 is 0. The fourth-order valence-electron chi connectivity index (χ4n) is 5.05. The minimum absolute atomic E-state index is 0.210. The number of aromatic nitrogens is 2. The van der Waals surface area contributed by atoms with Gasteiger partial charge in [0.25, 0.3) is 5.91 Å². The summed E-state index contributed by atoms with van der Waals surface area (Å²) in [7, 11) is 0. The predicted molar refractivity (Wildman–Crippen MR) is 124 cm³/mol. The summed E-state index contributed by atoms with van der Waals surface area (Å²) in [6.45, 7) is 3.58. The van der Waals surface area contributed by atoms with Gasteiger partial charge < -0.3 is 4.57 Å². The molecule has 0 saturated carbocycles. The number of aliphatic imine (C=N–C) groups is 1. The first kappa shape index (κ1) is 20.1. The van der Waals surface area contributed by atoms with Gasteiger partial charge in [-0.25, -0.2) is 14.4 Å². The van der Waals surface area contributed by atoms with E-state index in [1.807, 2.05) is 25.5 Å². The lowest BCUT2D eigenvalue weighted by atomic mass is 9.83. The van der Waals surface area contributed by atoms with Crippen molar-refractivity contribution < 1.29 is 9.18 Å². The number of hydrogen-bond acceptors (Lipinski definition) is 4. The first-order valence-corrected chi connectivity index (χ1v) is 11.3. The molecule has 0 radical (unpaired) electrons. The highest BCUT2D eigenvalue weighted by molar-refractivity contribution is 6.06. The third-order valence-electron chi connectivity index (χ3n) is 6.74. The maximum atomic E-state index is 13.4. The van der Waals surface area contributed by atoms with Crippen molar-refractivity contribution in [3.8, 4) is 5.69 Å². The summed E-state index contributed by atoms with van der Waals surface area (Å²) in [5.41, 5.74) is 6.83. The van der Waals surface area contributed by atoms with Crippen LogP contribution in [0.15, 0.2) is 60.0 Å². The number of carbonyl (C=O) groups excluding carboxylic acids is 1. The fourth-order valence-corrected chi connectivity index (χ4v) is 5.05. The van der Waals surface area contributed by atoms with E-state index in [4.69, 9.17) is 0 Å². The summed E-state index contributed by atoms with van der Waals surface area (Å²) in [6, 6.07) is 9.92. The predicted octanol–water partition coefficient (Wildman–Crippen LogP) is 4.03. The fraction of sp³-hybridized carbons (Fsp3) is 0.269. The lowest BCUT2D eigenvalue weighted by molar-refractivity contribution is -0.129. The average molecular weight is 442 g/mol. The number of aryl methyl sites for hydroxylation is 1. The maximum absolute atomic E-state index is 13.4. The van der Waals surface area contributed by atoms with Gasteiger partial charge in [-0.3, -0.25) is 9.80 Å². The van der Waals surface area contributed by atoms with Gasteiger partial charge in [-0.15, -0.1) is 0 Å². The number of halogens is 1. The molecule has 33 heavy (non-hydrogen) atoms. The van der Waals surface area contributed by atoms with E-state index in [1.165, 1.54) is 34.5 Å². The molecule has 6 nitrogen and oxygen atoms in total. The van der Waals surface area contributed by atoms with Crippen LogP contribution >= 0.6 is 0 Å². The average Bonchev–Trinajstić information content (AvgIpc) is 3.43. The second-order valence-electron chi connectivity index (χ2n) is 8.79. The number of nitrogens with zero attached hydrogens (tertiary/aromatic N) is 5. The molecule has 1 fully saturated rings. The van der Waals surface area contributed by atoms with Crippen LogP contribution in [0.4, 0.5) is 4.39 Å². The number of hydrogen-bond donors (Lipinski definition) is 0. The van der Waals surface area contributed by atoms with Crippen molar-refractivity contribution in [2.75, 3.05) is 13.1 Å². The Morgan fingerprint density at radius 2 is 1.85 bits per heavy atom. The molecule has 1 aromatic heterocycles. The lowest BCUT2D eigenvalue weighted by Gasteiger charge is -2.38. The van der Waals surface area contributed by atoms with Crippen LogP contribution in [0.25, 0.3) is 11.8 Å². The number of imidazole rings is 1. The van der Waals surface area contributed by atoms with Gasteiger partial charge in [0, 0.05) is 25.0 Å². The van der Waals surface area contributed by atoms with Gasteiger partial charge in [0.05, 0.1) is 12.0 Å². The van der Waals surface area contributed by atoms with Crippen molar-refractivity contribution in [3.63, 3.8) is 0 Å². The molecule has 1 unspecified atom stereocenters. The summed E-state index contributed by atoms with van der Waals surface area (Å²) < 4.78 is 15.5. The highest BCUT2D eigenvalue weighted by Gasteiger charge is 2.39. The molecule has 0 bridgehead atoms.